The lowest BCUT2D eigenvalue weighted by molar-refractivity contribution is 0.134. The van der Waals surface area contributed by atoms with Crippen LogP contribution >= 0.6 is 0 Å². The Bertz CT molecular complexity index is 381. The minimum absolute atomic E-state index is 0.698. The van der Waals surface area contributed by atoms with Crippen molar-refractivity contribution in [2.45, 2.75) is 58.5 Å². The summed E-state index contributed by atoms with van der Waals surface area (Å²) in [7, 11) is 0. The van der Waals surface area contributed by atoms with Crippen LogP contribution in [0, 0.1) is 5.92 Å². The molecule has 112 valence electrons. The molecular formula is C18H30N2. The molecule has 2 heteroatoms. The van der Waals surface area contributed by atoms with Gasteiger partial charge in [-0.25, -0.2) is 0 Å². The summed E-state index contributed by atoms with van der Waals surface area (Å²) in [6.45, 7) is 7.69. The van der Waals surface area contributed by atoms with Gasteiger partial charge in [0.1, 0.15) is 0 Å². The molecule has 1 heterocycles. The lowest BCUT2D eigenvalue weighted by Gasteiger charge is -2.35. The van der Waals surface area contributed by atoms with E-state index in [-0.39, 0.29) is 0 Å². The fraction of sp³-hybridized carbons (Fsp3) is 0.667. The Kier molecular flexibility index (Phi) is 6.06. The van der Waals surface area contributed by atoms with Gasteiger partial charge in [0.15, 0.2) is 0 Å². The SMILES string of the molecule is CC(C)Cc1ccc(CN2CCCCC2CCN)cc1. The number of nitrogens with zero attached hydrogens (tertiary/aromatic N) is 1. The van der Waals surface area contributed by atoms with Crippen LogP contribution < -0.4 is 5.73 Å². The zero-order valence-electron chi connectivity index (χ0n) is 13.1. The molecular weight excluding hydrogens is 244 g/mol. The molecule has 1 atom stereocenters. The second-order valence-corrected chi connectivity index (χ2v) is 6.61. The Morgan fingerprint density at radius 1 is 1.15 bits per heavy atom. The van der Waals surface area contributed by atoms with Gasteiger partial charge in [-0.05, 0) is 55.8 Å². The highest BCUT2D eigenvalue weighted by Gasteiger charge is 2.21. The van der Waals surface area contributed by atoms with Gasteiger partial charge in [-0.3, -0.25) is 4.90 Å². The molecule has 0 amide bonds. The predicted octanol–water partition coefficient (Wildman–Crippen LogP) is 3.59. The summed E-state index contributed by atoms with van der Waals surface area (Å²) >= 11 is 0. The number of benzene rings is 1. The highest BCUT2D eigenvalue weighted by Crippen LogP contribution is 2.22. The van der Waals surface area contributed by atoms with Crippen LogP contribution in [0.15, 0.2) is 24.3 Å². The maximum Gasteiger partial charge on any atom is 0.0236 e. The van der Waals surface area contributed by atoms with Gasteiger partial charge in [0.05, 0.1) is 0 Å². The van der Waals surface area contributed by atoms with Gasteiger partial charge in [0.25, 0.3) is 0 Å². The summed E-state index contributed by atoms with van der Waals surface area (Å²) in [5.41, 5.74) is 8.66. The zero-order chi connectivity index (χ0) is 14.4. The van der Waals surface area contributed by atoms with Crippen molar-refractivity contribution in [1.29, 1.82) is 0 Å². The van der Waals surface area contributed by atoms with Crippen LogP contribution in [0.2, 0.25) is 0 Å². The third-order valence-corrected chi connectivity index (χ3v) is 4.30. The summed E-state index contributed by atoms with van der Waals surface area (Å²) in [6, 6.07) is 9.93. The molecule has 1 aromatic rings. The van der Waals surface area contributed by atoms with Crippen molar-refractivity contribution in [3.8, 4) is 0 Å². The van der Waals surface area contributed by atoms with Crippen molar-refractivity contribution in [2.75, 3.05) is 13.1 Å². The van der Waals surface area contributed by atoms with Crippen LogP contribution in [0.4, 0.5) is 0 Å². The van der Waals surface area contributed by atoms with E-state index < -0.39 is 0 Å². The third kappa shape index (κ3) is 4.60. The first-order chi connectivity index (χ1) is 9.69. The Labute approximate surface area is 124 Å². The van der Waals surface area contributed by atoms with Gasteiger partial charge in [-0.2, -0.15) is 0 Å². The van der Waals surface area contributed by atoms with E-state index >= 15 is 0 Å². The number of nitrogens with two attached hydrogens (primary N) is 1. The molecule has 0 saturated carbocycles. The first-order valence-electron chi connectivity index (χ1n) is 8.21. The summed E-state index contributed by atoms with van der Waals surface area (Å²) in [5, 5.41) is 0. The molecule has 2 rings (SSSR count). The minimum Gasteiger partial charge on any atom is -0.330 e. The molecule has 0 spiro atoms. The second kappa shape index (κ2) is 7.80. The van der Waals surface area contributed by atoms with E-state index in [9.17, 15) is 0 Å². The average Bonchev–Trinajstić information content (AvgIpc) is 2.43. The van der Waals surface area contributed by atoms with Gasteiger partial charge in [0.2, 0.25) is 0 Å². The highest BCUT2D eigenvalue weighted by atomic mass is 15.2. The van der Waals surface area contributed by atoms with Gasteiger partial charge < -0.3 is 5.73 Å². The van der Waals surface area contributed by atoms with Crippen LogP contribution in [-0.2, 0) is 13.0 Å². The van der Waals surface area contributed by atoms with Crippen molar-refractivity contribution >= 4 is 0 Å². The quantitative estimate of drug-likeness (QED) is 0.859. The standard InChI is InChI=1S/C18H30N2/c1-15(2)13-16-6-8-17(9-7-16)14-20-12-4-3-5-18(20)10-11-19/h6-9,15,18H,3-5,10-14,19H2,1-2H3. The van der Waals surface area contributed by atoms with E-state index in [1.54, 1.807) is 0 Å². The largest absolute Gasteiger partial charge is 0.330 e. The van der Waals surface area contributed by atoms with Crippen molar-refractivity contribution < 1.29 is 0 Å². The molecule has 1 fully saturated rings. The molecule has 0 aromatic heterocycles. The molecule has 1 aromatic carbocycles. The molecule has 0 radical (unpaired) electrons. The van der Waals surface area contributed by atoms with Gasteiger partial charge >= 0.3 is 0 Å². The van der Waals surface area contributed by atoms with Crippen LogP contribution in [0.3, 0.4) is 0 Å². The highest BCUT2D eigenvalue weighted by molar-refractivity contribution is 5.23. The molecule has 0 bridgehead atoms. The van der Waals surface area contributed by atoms with Crippen LogP contribution in [0.25, 0.3) is 0 Å². The molecule has 1 aliphatic rings. The number of piperidine rings is 1. The Balaban J connectivity index is 1.94. The monoisotopic (exact) mass is 274 g/mol. The Morgan fingerprint density at radius 3 is 2.50 bits per heavy atom. The number of hydrogen-bond acceptors (Lipinski definition) is 2. The lowest BCUT2D eigenvalue weighted by Crippen LogP contribution is -2.40. The van der Waals surface area contributed by atoms with E-state index in [4.69, 9.17) is 5.73 Å². The van der Waals surface area contributed by atoms with E-state index in [0.717, 1.165) is 25.4 Å². The van der Waals surface area contributed by atoms with Crippen molar-refractivity contribution in [3.63, 3.8) is 0 Å². The Morgan fingerprint density at radius 2 is 1.85 bits per heavy atom. The normalized spacial score (nSPS) is 20.5. The molecule has 20 heavy (non-hydrogen) atoms. The molecule has 2 N–H and O–H groups in total. The van der Waals surface area contributed by atoms with E-state index in [0.29, 0.717) is 6.04 Å². The molecule has 1 unspecified atom stereocenters. The zero-order valence-corrected chi connectivity index (χ0v) is 13.1. The second-order valence-electron chi connectivity index (χ2n) is 6.61. The third-order valence-electron chi connectivity index (χ3n) is 4.30. The topological polar surface area (TPSA) is 29.3 Å². The summed E-state index contributed by atoms with van der Waals surface area (Å²) in [6.07, 6.45) is 6.36. The Hall–Kier alpha value is -0.860. The van der Waals surface area contributed by atoms with Crippen LogP contribution in [0.1, 0.15) is 50.7 Å². The maximum atomic E-state index is 5.75. The molecule has 1 aliphatic heterocycles. The first kappa shape index (κ1) is 15.5. The molecule has 0 aliphatic carbocycles. The van der Waals surface area contributed by atoms with E-state index in [2.05, 4.69) is 43.0 Å². The summed E-state index contributed by atoms with van der Waals surface area (Å²) in [4.78, 5) is 2.63. The summed E-state index contributed by atoms with van der Waals surface area (Å²) in [5.74, 6) is 0.733. The number of likely N-dealkylation sites (tertiary alicyclic amines) is 1. The smallest absolute Gasteiger partial charge is 0.0236 e. The summed E-state index contributed by atoms with van der Waals surface area (Å²) < 4.78 is 0. The maximum absolute atomic E-state index is 5.75. The van der Waals surface area contributed by atoms with E-state index in [1.807, 2.05) is 0 Å². The number of hydrogen-bond donors (Lipinski definition) is 1. The van der Waals surface area contributed by atoms with Gasteiger partial charge in [-0.1, -0.05) is 44.5 Å². The number of rotatable bonds is 6. The van der Waals surface area contributed by atoms with Crippen molar-refractivity contribution in [1.82, 2.24) is 4.90 Å². The molecule has 2 nitrogen and oxygen atoms in total. The van der Waals surface area contributed by atoms with Crippen molar-refractivity contribution in [2.24, 2.45) is 11.7 Å². The first-order valence-corrected chi connectivity index (χ1v) is 8.21. The van der Waals surface area contributed by atoms with Crippen LogP contribution in [0.5, 0.6) is 0 Å². The van der Waals surface area contributed by atoms with E-state index in [1.165, 1.54) is 43.4 Å². The molecule has 1 saturated heterocycles. The van der Waals surface area contributed by atoms with Crippen molar-refractivity contribution in [3.05, 3.63) is 35.4 Å². The van der Waals surface area contributed by atoms with Gasteiger partial charge in [-0.15, -0.1) is 0 Å². The fourth-order valence-electron chi connectivity index (χ4n) is 3.27. The minimum atomic E-state index is 0.698. The average molecular weight is 274 g/mol. The van der Waals surface area contributed by atoms with Crippen LogP contribution in [-0.4, -0.2) is 24.0 Å². The fourth-order valence-corrected chi connectivity index (χ4v) is 3.27. The van der Waals surface area contributed by atoms with Gasteiger partial charge in [0, 0.05) is 12.6 Å². The lowest BCUT2D eigenvalue weighted by atomic mass is 9.97. The predicted molar refractivity (Wildman–Crippen MR) is 86.7 cm³/mol.